The molecule has 0 fully saturated rings. The second-order valence-corrected chi connectivity index (χ2v) is 5.56. The maximum Gasteiger partial charge on any atom is 0.270 e. The molecule has 0 atom stereocenters. The van der Waals surface area contributed by atoms with Gasteiger partial charge in [-0.25, -0.2) is 9.37 Å². The van der Waals surface area contributed by atoms with Crippen molar-refractivity contribution in [3.05, 3.63) is 83.9 Å². The molecule has 0 aliphatic carbocycles. The molecular formula is C20H18FN3O2. The lowest BCUT2D eigenvalue weighted by molar-refractivity contribution is 0.0945. The van der Waals surface area contributed by atoms with Crippen LogP contribution in [-0.2, 0) is 6.54 Å². The first-order valence-electron chi connectivity index (χ1n) is 8.04. The summed E-state index contributed by atoms with van der Waals surface area (Å²) in [5, 5.41) is 5.85. The van der Waals surface area contributed by atoms with Gasteiger partial charge in [-0.1, -0.05) is 24.3 Å². The number of aromatic nitrogens is 1. The Bertz CT molecular complexity index is 898. The van der Waals surface area contributed by atoms with Crippen molar-refractivity contribution in [2.24, 2.45) is 0 Å². The molecular weight excluding hydrogens is 333 g/mol. The molecule has 0 unspecified atom stereocenters. The third-order valence-electron chi connectivity index (χ3n) is 3.74. The highest BCUT2D eigenvalue weighted by Gasteiger charge is 2.09. The number of methoxy groups -OCH3 is 1. The van der Waals surface area contributed by atoms with E-state index in [-0.39, 0.29) is 11.7 Å². The van der Waals surface area contributed by atoms with Gasteiger partial charge in [-0.2, -0.15) is 0 Å². The average molecular weight is 351 g/mol. The number of benzene rings is 2. The van der Waals surface area contributed by atoms with Crippen molar-refractivity contribution in [3.63, 3.8) is 0 Å². The zero-order valence-electron chi connectivity index (χ0n) is 14.2. The lowest BCUT2D eigenvalue weighted by atomic mass is 10.2. The molecule has 2 N–H and O–H groups in total. The quantitative estimate of drug-likeness (QED) is 0.707. The summed E-state index contributed by atoms with van der Waals surface area (Å²) >= 11 is 0. The molecule has 6 heteroatoms. The molecule has 5 nitrogen and oxygen atoms in total. The lowest BCUT2D eigenvalue weighted by Gasteiger charge is -2.10. The number of pyridine rings is 1. The number of rotatable bonds is 6. The first-order chi connectivity index (χ1) is 12.7. The monoisotopic (exact) mass is 351 g/mol. The Hall–Kier alpha value is -3.41. The fourth-order valence-corrected chi connectivity index (χ4v) is 2.45. The Kier molecular flexibility index (Phi) is 5.43. The van der Waals surface area contributed by atoms with Crippen molar-refractivity contribution >= 4 is 17.3 Å². The van der Waals surface area contributed by atoms with Gasteiger partial charge in [-0.3, -0.25) is 4.79 Å². The van der Waals surface area contributed by atoms with Crippen molar-refractivity contribution in [2.45, 2.75) is 6.54 Å². The number of halogens is 1. The van der Waals surface area contributed by atoms with E-state index in [1.807, 2.05) is 24.3 Å². The van der Waals surface area contributed by atoms with Gasteiger partial charge in [-0.15, -0.1) is 0 Å². The Labute approximate surface area is 150 Å². The standard InChI is InChI=1S/C20H18FN3O2/c1-26-19-8-3-2-5-14(19)12-23-20(25)18-10-9-17(13-22-18)24-16-7-4-6-15(21)11-16/h2-11,13,24H,12H2,1H3,(H,23,25). The first kappa shape index (κ1) is 17.4. The molecule has 0 spiro atoms. The van der Waals surface area contributed by atoms with E-state index in [0.717, 1.165) is 11.3 Å². The summed E-state index contributed by atoms with van der Waals surface area (Å²) in [6.07, 6.45) is 1.53. The second kappa shape index (κ2) is 8.11. The maximum atomic E-state index is 13.2. The number of amides is 1. The molecule has 3 aromatic rings. The molecule has 3 rings (SSSR count). The minimum absolute atomic E-state index is 0.284. The Morgan fingerprint density at radius 3 is 2.65 bits per heavy atom. The number of nitrogens with zero attached hydrogens (tertiary/aromatic N) is 1. The van der Waals surface area contributed by atoms with Crippen molar-refractivity contribution in [2.75, 3.05) is 12.4 Å². The van der Waals surface area contributed by atoms with Crippen molar-refractivity contribution in [3.8, 4) is 5.75 Å². The zero-order valence-corrected chi connectivity index (χ0v) is 14.2. The molecule has 0 saturated carbocycles. The summed E-state index contributed by atoms with van der Waals surface area (Å²) < 4.78 is 18.5. The molecule has 1 amide bonds. The van der Waals surface area contributed by atoms with E-state index in [4.69, 9.17) is 4.74 Å². The normalized spacial score (nSPS) is 10.2. The number of nitrogens with one attached hydrogen (secondary N) is 2. The van der Waals surface area contributed by atoms with E-state index in [1.54, 1.807) is 31.4 Å². The maximum absolute atomic E-state index is 13.2. The number of anilines is 2. The highest BCUT2D eigenvalue weighted by molar-refractivity contribution is 5.92. The first-order valence-corrected chi connectivity index (χ1v) is 8.04. The van der Waals surface area contributed by atoms with Crippen LogP contribution in [0.4, 0.5) is 15.8 Å². The molecule has 2 aromatic carbocycles. The van der Waals surface area contributed by atoms with E-state index < -0.39 is 0 Å². The van der Waals surface area contributed by atoms with Gasteiger partial charge >= 0.3 is 0 Å². The van der Waals surface area contributed by atoms with Gasteiger partial charge in [0.15, 0.2) is 0 Å². The smallest absolute Gasteiger partial charge is 0.270 e. The van der Waals surface area contributed by atoms with Gasteiger partial charge in [0.1, 0.15) is 17.3 Å². The van der Waals surface area contributed by atoms with Crippen LogP contribution in [0.2, 0.25) is 0 Å². The molecule has 0 bridgehead atoms. The largest absolute Gasteiger partial charge is 0.496 e. The Morgan fingerprint density at radius 2 is 1.92 bits per heavy atom. The van der Waals surface area contributed by atoms with Crippen LogP contribution in [-0.4, -0.2) is 18.0 Å². The van der Waals surface area contributed by atoms with Gasteiger partial charge in [0, 0.05) is 17.8 Å². The summed E-state index contributed by atoms with van der Waals surface area (Å²) in [6, 6.07) is 16.9. The SMILES string of the molecule is COc1ccccc1CNC(=O)c1ccc(Nc2cccc(F)c2)cn1. The number of carbonyl (C=O) groups is 1. The van der Waals surface area contributed by atoms with Gasteiger partial charge in [0.05, 0.1) is 19.0 Å². The van der Waals surface area contributed by atoms with Gasteiger partial charge in [0.25, 0.3) is 5.91 Å². The summed E-state index contributed by atoms with van der Waals surface area (Å²) in [5.41, 5.74) is 2.45. The summed E-state index contributed by atoms with van der Waals surface area (Å²) in [7, 11) is 1.59. The number of hydrogen-bond acceptors (Lipinski definition) is 4. The highest BCUT2D eigenvalue weighted by Crippen LogP contribution is 2.18. The van der Waals surface area contributed by atoms with Crippen LogP contribution < -0.4 is 15.4 Å². The third kappa shape index (κ3) is 4.36. The van der Waals surface area contributed by atoms with Crippen molar-refractivity contribution in [1.82, 2.24) is 10.3 Å². The van der Waals surface area contributed by atoms with Gasteiger partial charge in [0.2, 0.25) is 0 Å². The molecule has 1 heterocycles. The van der Waals surface area contributed by atoms with Crippen LogP contribution in [0.1, 0.15) is 16.1 Å². The predicted molar refractivity (Wildman–Crippen MR) is 98.1 cm³/mol. The summed E-state index contributed by atoms with van der Waals surface area (Å²) in [4.78, 5) is 16.4. The lowest BCUT2D eigenvalue weighted by Crippen LogP contribution is -2.24. The molecule has 0 radical (unpaired) electrons. The van der Waals surface area contributed by atoms with Crippen molar-refractivity contribution in [1.29, 1.82) is 0 Å². The molecule has 0 aliphatic rings. The van der Waals surface area contributed by atoms with Gasteiger partial charge in [-0.05, 0) is 36.4 Å². The van der Waals surface area contributed by atoms with E-state index in [9.17, 15) is 9.18 Å². The van der Waals surface area contributed by atoms with Crippen LogP contribution in [0.5, 0.6) is 5.75 Å². The number of hydrogen-bond donors (Lipinski definition) is 2. The fourth-order valence-electron chi connectivity index (χ4n) is 2.45. The summed E-state index contributed by atoms with van der Waals surface area (Å²) in [5.74, 6) is 0.110. The van der Waals surface area contributed by atoms with Crippen LogP contribution >= 0.6 is 0 Å². The summed E-state index contributed by atoms with van der Waals surface area (Å²) in [6.45, 7) is 0.341. The predicted octanol–water partition coefficient (Wildman–Crippen LogP) is 3.90. The Morgan fingerprint density at radius 1 is 1.08 bits per heavy atom. The topological polar surface area (TPSA) is 63.2 Å². The van der Waals surface area contributed by atoms with E-state index in [2.05, 4.69) is 15.6 Å². The number of para-hydroxylation sites is 1. The van der Waals surface area contributed by atoms with Crippen molar-refractivity contribution < 1.29 is 13.9 Å². The Balaban J connectivity index is 1.61. The van der Waals surface area contributed by atoms with Crippen LogP contribution in [0.25, 0.3) is 0 Å². The number of ether oxygens (including phenoxy) is 1. The second-order valence-electron chi connectivity index (χ2n) is 5.56. The molecule has 1 aromatic heterocycles. The van der Waals surface area contributed by atoms with Gasteiger partial charge < -0.3 is 15.4 Å². The molecule has 26 heavy (non-hydrogen) atoms. The zero-order chi connectivity index (χ0) is 18.4. The minimum atomic E-state index is -0.324. The average Bonchev–Trinajstić information content (AvgIpc) is 2.67. The minimum Gasteiger partial charge on any atom is -0.496 e. The highest BCUT2D eigenvalue weighted by atomic mass is 19.1. The molecule has 0 aliphatic heterocycles. The molecule has 0 saturated heterocycles. The van der Waals surface area contributed by atoms with E-state index in [0.29, 0.717) is 23.6 Å². The van der Waals surface area contributed by atoms with Crippen LogP contribution in [0.15, 0.2) is 66.9 Å². The van der Waals surface area contributed by atoms with E-state index >= 15 is 0 Å². The third-order valence-corrected chi connectivity index (χ3v) is 3.74. The molecule has 132 valence electrons. The van der Waals surface area contributed by atoms with Crippen LogP contribution in [0.3, 0.4) is 0 Å². The number of carbonyl (C=O) groups excluding carboxylic acids is 1. The van der Waals surface area contributed by atoms with E-state index in [1.165, 1.54) is 18.3 Å². The fraction of sp³-hybridized carbons (Fsp3) is 0.100. The van der Waals surface area contributed by atoms with Crippen LogP contribution in [0, 0.1) is 5.82 Å².